The van der Waals surface area contributed by atoms with Crippen molar-refractivity contribution >= 4 is 5.91 Å². The molecule has 2 rings (SSSR count). The number of carbonyl (C=O) groups is 1. The Morgan fingerprint density at radius 3 is 3.16 bits per heavy atom. The number of carbonyl (C=O) groups excluding carboxylic acids is 1. The van der Waals surface area contributed by atoms with Gasteiger partial charge in [-0.2, -0.15) is 0 Å². The van der Waals surface area contributed by atoms with Gasteiger partial charge in [0, 0.05) is 26.2 Å². The second kappa shape index (κ2) is 6.54. The summed E-state index contributed by atoms with van der Waals surface area (Å²) in [5.41, 5.74) is 6.69. The summed E-state index contributed by atoms with van der Waals surface area (Å²) in [5.74, 6) is 0.909. The molecule has 19 heavy (non-hydrogen) atoms. The van der Waals surface area contributed by atoms with Gasteiger partial charge in [-0.25, -0.2) is 0 Å². The van der Waals surface area contributed by atoms with E-state index >= 15 is 0 Å². The van der Waals surface area contributed by atoms with Gasteiger partial charge in [0.25, 0.3) is 0 Å². The van der Waals surface area contributed by atoms with Crippen LogP contribution in [0.2, 0.25) is 0 Å². The first-order valence-corrected chi connectivity index (χ1v) is 6.57. The van der Waals surface area contributed by atoms with Gasteiger partial charge in [0.15, 0.2) is 0 Å². The number of hydrogen-bond acceptors (Lipinski definition) is 4. The summed E-state index contributed by atoms with van der Waals surface area (Å²) in [6, 6.07) is 7.73. The second-order valence-electron chi connectivity index (χ2n) is 4.71. The minimum atomic E-state index is 0.104. The van der Waals surface area contributed by atoms with E-state index in [2.05, 4.69) is 5.32 Å². The molecule has 0 saturated carbocycles. The molecule has 1 saturated heterocycles. The van der Waals surface area contributed by atoms with Gasteiger partial charge in [-0.3, -0.25) is 4.79 Å². The van der Waals surface area contributed by atoms with E-state index in [0.29, 0.717) is 13.0 Å². The molecule has 0 radical (unpaired) electrons. The number of amides is 1. The molecule has 1 amide bonds. The molecule has 1 aliphatic rings. The van der Waals surface area contributed by atoms with Gasteiger partial charge >= 0.3 is 0 Å². The molecule has 1 fully saturated rings. The minimum absolute atomic E-state index is 0.104. The molecule has 0 aromatic heterocycles. The smallest absolute Gasteiger partial charge is 0.227 e. The maximum atomic E-state index is 12.3. The lowest BCUT2D eigenvalue weighted by Crippen LogP contribution is -2.56. The highest BCUT2D eigenvalue weighted by molar-refractivity contribution is 5.79. The molecule has 0 aliphatic carbocycles. The molecule has 0 bridgehead atoms. The molecule has 104 valence electrons. The number of methoxy groups -OCH3 is 1. The summed E-state index contributed by atoms with van der Waals surface area (Å²) >= 11 is 0. The van der Waals surface area contributed by atoms with Crippen LogP contribution < -0.4 is 15.8 Å². The zero-order valence-electron chi connectivity index (χ0n) is 11.3. The third-order valence-electron chi connectivity index (χ3n) is 3.43. The molecule has 3 N–H and O–H groups in total. The monoisotopic (exact) mass is 263 g/mol. The van der Waals surface area contributed by atoms with Crippen LogP contribution in [0.25, 0.3) is 0 Å². The van der Waals surface area contributed by atoms with E-state index in [1.165, 1.54) is 0 Å². The van der Waals surface area contributed by atoms with Crippen LogP contribution >= 0.6 is 0 Å². The highest BCUT2D eigenvalue weighted by atomic mass is 16.5. The Bertz CT molecular complexity index is 436. The molecule has 5 nitrogen and oxygen atoms in total. The van der Waals surface area contributed by atoms with E-state index in [1.807, 2.05) is 29.2 Å². The van der Waals surface area contributed by atoms with E-state index in [1.54, 1.807) is 7.11 Å². The van der Waals surface area contributed by atoms with Crippen LogP contribution in [0.1, 0.15) is 5.56 Å². The van der Waals surface area contributed by atoms with Gasteiger partial charge in [0.05, 0.1) is 19.6 Å². The predicted octanol–water partition coefficient (Wildman–Crippen LogP) is -0.00320. The maximum absolute atomic E-state index is 12.3. The molecule has 0 spiro atoms. The summed E-state index contributed by atoms with van der Waals surface area (Å²) < 4.78 is 5.17. The quantitative estimate of drug-likeness (QED) is 0.802. The molecular weight excluding hydrogens is 242 g/mol. The van der Waals surface area contributed by atoms with Crippen molar-refractivity contribution in [3.63, 3.8) is 0 Å². The van der Waals surface area contributed by atoms with Crippen LogP contribution in [0.3, 0.4) is 0 Å². The highest BCUT2D eigenvalue weighted by Crippen LogP contribution is 2.14. The number of piperazine rings is 1. The van der Waals surface area contributed by atoms with Gasteiger partial charge in [0.2, 0.25) is 5.91 Å². The number of benzene rings is 1. The van der Waals surface area contributed by atoms with Crippen LogP contribution in [0, 0.1) is 0 Å². The average molecular weight is 263 g/mol. The van der Waals surface area contributed by atoms with Crippen LogP contribution in [0.5, 0.6) is 5.75 Å². The largest absolute Gasteiger partial charge is 0.497 e. The van der Waals surface area contributed by atoms with Crippen molar-refractivity contribution in [1.29, 1.82) is 0 Å². The Morgan fingerprint density at radius 1 is 1.58 bits per heavy atom. The Hall–Kier alpha value is -1.59. The molecule has 1 heterocycles. The number of ether oxygens (including phenoxy) is 1. The highest BCUT2D eigenvalue weighted by Gasteiger charge is 2.25. The Kier molecular flexibility index (Phi) is 4.76. The van der Waals surface area contributed by atoms with E-state index in [4.69, 9.17) is 10.5 Å². The summed E-state index contributed by atoms with van der Waals surface area (Å²) in [7, 11) is 1.63. The van der Waals surface area contributed by atoms with Crippen LogP contribution in [-0.4, -0.2) is 50.1 Å². The minimum Gasteiger partial charge on any atom is -0.497 e. The van der Waals surface area contributed by atoms with E-state index < -0.39 is 0 Å². The van der Waals surface area contributed by atoms with Gasteiger partial charge < -0.3 is 20.7 Å². The number of nitrogens with two attached hydrogens (primary N) is 1. The van der Waals surface area contributed by atoms with Crippen molar-refractivity contribution in [1.82, 2.24) is 10.2 Å². The van der Waals surface area contributed by atoms with E-state index in [9.17, 15) is 4.79 Å². The van der Waals surface area contributed by atoms with Crippen molar-refractivity contribution in [2.45, 2.75) is 12.5 Å². The van der Waals surface area contributed by atoms with Gasteiger partial charge in [0.1, 0.15) is 5.75 Å². The lowest BCUT2D eigenvalue weighted by atomic mass is 10.1. The van der Waals surface area contributed by atoms with Crippen molar-refractivity contribution in [2.24, 2.45) is 5.73 Å². The fourth-order valence-electron chi connectivity index (χ4n) is 2.36. The summed E-state index contributed by atoms with van der Waals surface area (Å²) in [4.78, 5) is 14.2. The fraction of sp³-hybridized carbons (Fsp3) is 0.500. The summed E-state index contributed by atoms with van der Waals surface area (Å²) in [6.45, 7) is 2.84. The predicted molar refractivity (Wildman–Crippen MR) is 74.1 cm³/mol. The lowest BCUT2D eigenvalue weighted by molar-refractivity contribution is -0.133. The van der Waals surface area contributed by atoms with Crippen molar-refractivity contribution in [3.8, 4) is 5.75 Å². The molecule has 1 aliphatic heterocycles. The Labute approximate surface area is 113 Å². The number of nitrogens with zero attached hydrogens (tertiary/aromatic N) is 1. The van der Waals surface area contributed by atoms with Crippen LogP contribution in [0.4, 0.5) is 0 Å². The zero-order chi connectivity index (χ0) is 13.7. The standard InChI is InChI=1S/C14H21N3O2/c1-19-13-4-2-3-11(7-13)8-14(18)17-6-5-16-10-12(17)9-15/h2-4,7,12,16H,5-6,8-10,15H2,1H3. The lowest BCUT2D eigenvalue weighted by Gasteiger charge is -2.35. The molecule has 5 heteroatoms. The van der Waals surface area contributed by atoms with Crippen molar-refractivity contribution in [2.75, 3.05) is 33.3 Å². The first-order chi connectivity index (χ1) is 9.24. The maximum Gasteiger partial charge on any atom is 0.227 e. The van der Waals surface area contributed by atoms with Crippen molar-refractivity contribution < 1.29 is 9.53 Å². The third-order valence-corrected chi connectivity index (χ3v) is 3.43. The van der Waals surface area contributed by atoms with Crippen LogP contribution in [-0.2, 0) is 11.2 Å². The Morgan fingerprint density at radius 2 is 2.42 bits per heavy atom. The molecule has 1 aromatic carbocycles. The topological polar surface area (TPSA) is 67.6 Å². The number of hydrogen-bond donors (Lipinski definition) is 2. The van der Waals surface area contributed by atoms with E-state index in [0.717, 1.165) is 30.9 Å². The molecule has 1 aromatic rings. The Balaban J connectivity index is 2.02. The van der Waals surface area contributed by atoms with Gasteiger partial charge in [-0.1, -0.05) is 12.1 Å². The third kappa shape index (κ3) is 3.45. The average Bonchev–Trinajstić information content (AvgIpc) is 2.47. The summed E-state index contributed by atoms with van der Waals surface area (Å²) in [6.07, 6.45) is 0.397. The van der Waals surface area contributed by atoms with Crippen LogP contribution in [0.15, 0.2) is 24.3 Å². The van der Waals surface area contributed by atoms with Gasteiger partial charge in [-0.05, 0) is 17.7 Å². The van der Waals surface area contributed by atoms with Crippen molar-refractivity contribution in [3.05, 3.63) is 29.8 Å². The first kappa shape index (κ1) is 13.8. The number of rotatable bonds is 4. The normalized spacial score (nSPS) is 19.3. The SMILES string of the molecule is COc1cccc(CC(=O)N2CCNCC2CN)c1. The summed E-state index contributed by atoms with van der Waals surface area (Å²) in [5, 5.41) is 3.26. The number of nitrogens with one attached hydrogen (secondary N) is 1. The molecule has 1 unspecified atom stereocenters. The molecular formula is C14H21N3O2. The van der Waals surface area contributed by atoms with E-state index in [-0.39, 0.29) is 11.9 Å². The van der Waals surface area contributed by atoms with Gasteiger partial charge in [-0.15, -0.1) is 0 Å². The second-order valence-corrected chi connectivity index (χ2v) is 4.71. The first-order valence-electron chi connectivity index (χ1n) is 6.57. The molecule has 1 atom stereocenters. The zero-order valence-corrected chi connectivity index (χ0v) is 11.3. The fourth-order valence-corrected chi connectivity index (χ4v) is 2.36.